The van der Waals surface area contributed by atoms with Crippen molar-refractivity contribution in [1.82, 2.24) is 9.13 Å². The number of benzene rings is 2. The molecule has 0 bridgehead atoms. The van der Waals surface area contributed by atoms with E-state index in [1.54, 1.807) is 6.08 Å². The van der Waals surface area contributed by atoms with E-state index >= 15 is 0 Å². The van der Waals surface area contributed by atoms with Crippen LogP contribution in [0.5, 0.6) is 0 Å². The molecule has 3 rings (SSSR count). The number of aliphatic hydroxyl groups is 1. The SMILES string of the molecule is C=CCn1c(=N)n(C[C@@H](O)c2ccc(C)cc2)c2ccccc21. The Hall–Kier alpha value is -2.59. The van der Waals surface area contributed by atoms with E-state index in [-0.39, 0.29) is 0 Å². The number of hydrogen-bond acceptors (Lipinski definition) is 2. The molecule has 2 N–H and O–H groups in total. The number of aliphatic hydroxyl groups excluding tert-OH is 1. The highest BCUT2D eigenvalue weighted by Crippen LogP contribution is 2.19. The largest absolute Gasteiger partial charge is 0.387 e. The predicted octanol–water partition coefficient (Wildman–Crippen LogP) is 3.15. The summed E-state index contributed by atoms with van der Waals surface area (Å²) in [5.41, 5.74) is 4.33. The van der Waals surface area contributed by atoms with E-state index in [1.165, 1.54) is 0 Å². The van der Waals surface area contributed by atoms with Gasteiger partial charge in [-0.1, -0.05) is 48.0 Å². The summed E-state index contributed by atoms with van der Waals surface area (Å²) < 4.78 is 3.74. The lowest BCUT2D eigenvalue weighted by Gasteiger charge is -2.13. The molecule has 0 spiro atoms. The van der Waals surface area contributed by atoms with Gasteiger partial charge >= 0.3 is 0 Å². The number of nitrogens with one attached hydrogen (secondary N) is 1. The van der Waals surface area contributed by atoms with Gasteiger partial charge < -0.3 is 14.2 Å². The molecule has 118 valence electrons. The molecule has 0 aliphatic rings. The van der Waals surface area contributed by atoms with Crippen molar-refractivity contribution >= 4 is 11.0 Å². The number of rotatable bonds is 5. The van der Waals surface area contributed by atoms with E-state index < -0.39 is 6.10 Å². The van der Waals surface area contributed by atoms with Gasteiger partial charge in [-0.05, 0) is 24.6 Å². The molecule has 0 fully saturated rings. The van der Waals surface area contributed by atoms with Gasteiger partial charge in [0.2, 0.25) is 5.62 Å². The average Bonchev–Trinajstić information content (AvgIpc) is 2.82. The first-order chi connectivity index (χ1) is 11.1. The third-order valence-corrected chi connectivity index (χ3v) is 4.10. The molecule has 3 aromatic rings. The van der Waals surface area contributed by atoms with E-state index in [0.29, 0.717) is 18.7 Å². The molecular weight excluding hydrogens is 286 g/mol. The fourth-order valence-corrected chi connectivity index (χ4v) is 2.86. The van der Waals surface area contributed by atoms with Gasteiger partial charge in [-0.3, -0.25) is 5.41 Å². The van der Waals surface area contributed by atoms with Crippen molar-refractivity contribution in [3.8, 4) is 0 Å². The Morgan fingerprint density at radius 3 is 2.30 bits per heavy atom. The standard InChI is InChI=1S/C19H21N3O/c1-3-12-21-16-6-4-5-7-17(16)22(19(21)20)13-18(23)15-10-8-14(2)9-11-15/h3-11,18,20,23H,1,12-13H2,2H3/t18-/m1/s1. The first kappa shape index (κ1) is 15.3. The van der Waals surface area contributed by atoms with Gasteiger partial charge in [0.1, 0.15) is 0 Å². The Bertz CT molecular complexity index is 887. The van der Waals surface area contributed by atoms with Crippen LogP contribution in [0, 0.1) is 12.3 Å². The maximum atomic E-state index is 10.6. The van der Waals surface area contributed by atoms with Crippen LogP contribution >= 0.6 is 0 Å². The second-order valence-electron chi connectivity index (χ2n) is 5.75. The van der Waals surface area contributed by atoms with Crippen molar-refractivity contribution in [3.05, 3.63) is 77.9 Å². The Morgan fingerprint density at radius 2 is 1.70 bits per heavy atom. The third kappa shape index (κ3) is 2.85. The Labute approximate surface area is 135 Å². The van der Waals surface area contributed by atoms with Gasteiger partial charge in [-0.15, -0.1) is 6.58 Å². The van der Waals surface area contributed by atoms with Crippen LogP contribution in [0.2, 0.25) is 0 Å². The summed E-state index contributed by atoms with van der Waals surface area (Å²) in [4.78, 5) is 0. The van der Waals surface area contributed by atoms with E-state index in [2.05, 4.69) is 6.58 Å². The fraction of sp³-hybridized carbons (Fsp3) is 0.211. The van der Waals surface area contributed by atoms with Gasteiger partial charge in [0, 0.05) is 6.54 Å². The summed E-state index contributed by atoms with van der Waals surface area (Å²) in [6.45, 7) is 6.72. The molecule has 1 aromatic heterocycles. The minimum absolute atomic E-state index is 0.354. The van der Waals surface area contributed by atoms with E-state index in [9.17, 15) is 5.11 Å². The number of allylic oxidation sites excluding steroid dienone is 1. The van der Waals surface area contributed by atoms with Crippen LogP contribution in [0.15, 0.2) is 61.2 Å². The maximum absolute atomic E-state index is 10.6. The molecule has 0 saturated heterocycles. The van der Waals surface area contributed by atoms with Gasteiger partial charge in [0.05, 0.1) is 23.7 Å². The molecule has 23 heavy (non-hydrogen) atoms. The smallest absolute Gasteiger partial charge is 0.203 e. The highest BCUT2D eigenvalue weighted by atomic mass is 16.3. The lowest BCUT2D eigenvalue weighted by Crippen LogP contribution is -2.26. The molecular formula is C19H21N3O. The van der Waals surface area contributed by atoms with Crippen molar-refractivity contribution < 1.29 is 5.11 Å². The van der Waals surface area contributed by atoms with E-state index in [1.807, 2.05) is 64.6 Å². The van der Waals surface area contributed by atoms with Crippen molar-refractivity contribution in [2.45, 2.75) is 26.1 Å². The number of imidazole rings is 1. The number of aryl methyl sites for hydroxylation is 1. The van der Waals surface area contributed by atoms with Gasteiger partial charge in [-0.2, -0.15) is 0 Å². The lowest BCUT2D eigenvalue weighted by atomic mass is 10.1. The Morgan fingerprint density at radius 1 is 1.09 bits per heavy atom. The first-order valence-corrected chi connectivity index (χ1v) is 7.70. The van der Waals surface area contributed by atoms with Crippen LogP contribution in [0.4, 0.5) is 0 Å². The molecule has 0 aliphatic carbocycles. The highest BCUT2D eigenvalue weighted by molar-refractivity contribution is 5.75. The third-order valence-electron chi connectivity index (χ3n) is 4.10. The number of fused-ring (bicyclic) bond motifs is 1. The summed E-state index contributed by atoms with van der Waals surface area (Å²) in [7, 11) is 0. The van der Waals surface area contributed by atoms with Crippen LogP contribution in [-0.4, -0.2) is 14.2 Å². The number of hydrogen-bond donors (Lipinski definition) is 2. The van der Waals surface area contributed by atoms with E-state index in [4.69, 9.17) is 5.41 Å². The van der Waals surface area contributed by atoms with Crippen LogP contribution in [-0.2, 0) is 13.1 Å². The monoisotopic (exact) mass is 307 g/mol. The molecule has 4 nitrogen and oxygen atoms in total. The summed E-state index contributed by atoms with van der Waals surface area (Å²) in [6.07, 6.45) is 1.14. The zero-order chi connectivity index (χ0) is 16.4. The van der Waals surface area contributed by atoms with Crippen LogP contribution < -0.4 is 5.62 Å². The second-order valence-corrected chi connectivity index (χ2v) is 5.75. The quantitative estimate of drug-likeness (QED) is 0.699. The molecule has 0 amide bonds. The molecule has 2 aromatic carbocycles. The maximum Gasteiger partial charge on any atom is 0.203 e. The van der Waals surface area contributed by atoms with Gasteiger partial charge in [0.25, 0.3) is 0 Å². The minimum atomic E-state index is -0.646. The zero-order valence-electron chi connectivity index (χ0n) is 13.2. The average molecular weight is 307 g/mol. The number of para-hydroxylation sites is 2. The number of nitrogens with zero attached hydrogens (tertiary/aromatic N) is 2. The zero-order valence-corrected chi connectivity index (χ0v) is 13.2. The summed E-state index contributed by atoms with van der Waals surface area (Å²) >= 11 is 0. The number of aromatic nitrogens is 2. The van der Waals surface area contributed by atoms with Crippen LogP contribution in [0.1, 0.15) is 17.2 Å². The van der Waals surface area contributed by atoms with Crippen molar-refractivity contribution in [1.29, 1.82) is 5.41 Å². The molecule has 1 atom stereocenters. The van der Waals surface area contributed by atoms with Crippen LogP contribution in [0.3, 0.4) is 0 Å². The summed E-state index contributed by atoms with van der Waals surface area (Å²) in [6, 6.07) is 15.7. The lowest BCUT2D eigenvalue weighted by molar-refractivity contribution is 0.155. The van der Waals surface area contributed by atoms with Gasteiger partial charge in [-0.25, -0.2) is 0 Å². The fourth-order valence-electron chi connectivity index (χ4n) is 2.86. The molecule has 0 aliphatic heterocycles. The molecule has 1 heterocycles. The Balaban J connectivity index is 2.02. The second kappa shape index (κ2) is 6.26. The Kier molecular flexibility index (Phi) is 4.17. The first-order valence-electron chi connectivity index (χ1n) is 7.70. The minimum Gasteiger partial charge on any atom is -0.387 e. The van der Waals surface area contributed by atoms with Crippen molar-refractivity contribution in [2.75, 3.05) is 0 Å². The van der Waals surface area contributed by atoms with Gasteiger partial charge in [0.15, 0.2) is 0 Å². The highest BCUT2D eigenvalue weighted by Gasteiger charge is 2.14. The molecule has 0 radical (unpaired) electrons. The molecule has 0 saturated carbocycles. The summed E-state index contributed by atoms with van der Waals surface area (Å²) in [5.74, 6) is 0. The molecule has 0 unspecified atom stereocenters. The van der Waals surface area contributed by atoms with Crippen molar-refractivity contribution in [2.24, 2.45) is 0 Å². The summed E-state index contributed by atoms with van der Waals surface area (Å²) in [5, 5.41) is 19.0. The van der Waals surface area contributed by atoms with Crippen LogP contribution in [0.25, 0.3) is 11.0 Å². The normalized spacial score (nSPS) is 12.4. The predicted molar refractivity (Wildman–Crippen MR) is 92.1 cm³/mol. The van der Waals surface area contributed by atoms with E-state index in [0.717, 1.165) is 22.2 Å². The van der Waals surface area contributed by atoms with Crippen molar-refractivity contribution in [3.63, 3.8) is 0 Å². The molecule has 4 heteroatoms. The topological polar surface area (TPSA) is 53.9 Å².